The van der Waals surface area contributed by atoms with Crippen molar-refractivity contribution >= 4 is 15.8 Å². The summed E-state index contributed by atoms with van der Waals surface area (Å²) in [7, 11) is -3.35. The minimum atomic E-state index is -3.35. The Bertz CT molecular complexity index is 547. The normalized spacial score (nSPS) is 12.6. The van der Waals surface area contributed by atoms with Crippen LogP contribution in [0.4, 0.5) is 0 Å². The third-order valence-electron chi connectivity index (χ3n) is 2.94. The SMILES string of the molecule is CC(C)(c1nnc(CCCCC(=O)O)o1)S(C)(=O)=O. The van der Waals surface area contributed by atoms with Crippen LogP contribution in [-0.2, 0) is 25.8 Å². The molecule has 0 fully saturated rings. The first-order valence-electron chi connectivity index (χ1n) is 5.89. The molecule has 19 heavy (non-hydrogen) atoms. The van der Waals surface area contributed by atoms with Crippen molar-refractivity contribution in [3.05, 3.63) is 11.8 Å². The molecule has 8 heteroatoms. The largest absolute Gasteiger partial charge is 0.481 e. The van der Waals surface area contributed by atoms with Crippen LogP contribution in [-0.4, -0.2) is 35.9 Å². The van der Waals surface area contributed by atoms with Crippen molar-refractivity contribution in [2.24, 2.45) is 0 Å². The summed E-state index contributed by atoms with van der Waals surface area (Å²) in [6.07, 6.45) is 2.77. The molecule has 1 N–H and O–H groups in total. The minimum absolute atomic E-state index is 0.0586. The molecule has 1 aromatic rings. The van der Waals surface area contributed by atoms with Crippen LogP contribution in [0, 0.1) is 0 Å². The monoisotopic (exact) mass is 290 g/mol. The number of hydrogen-bond acceptors (Lipinski definition) is 6. The van der Waals surface area contributed by atoms with E-state index in [1.165, 1.54) is 13.8 Å². The molecule has 1 heterocycles. The number of carboxylic acid groups (broad SMARTS) is 1. The van der Waals surface area contributed by atoms with Crippen LogP contribution >= 0.6 is 0 Å². The Balaban J connectivity index is 2.65. The van der Waals surface area contributed by atoms with E-state index in [1.54, 1.807) is 0 Å². The molecule has 0 saturated carbocycles. The van der Waals surface area contributed by atoms with Gasteiger partial charge in [-0.15, -0.1) is 10.2 Å². The van der Waals surface area contributed by atoms with Crippen LogP contribution in [0.25, 0.3) is 0 Å². The van der Waals surface area contributed by atoms with Crippen LogP contribution in [0.15, 0.2) is 4.42 Å². The number of carboxylic acids is 1. The quantitative estimate of drug-likeness (QED) is 0.750. The second-order valence-corrected chi connectivity index (χ2v) is 7.45. The minimum Gasteiger partial charge on any atom is -0.481 e. The van der Waals surface area contributed by atoms with Crippen molar-refractivity contribution in [1.82, 2.24) is 10.2 Å². The summed E-state index contributed by atoms with van der Waals surface area (Å²) in [6.45, 7) is 3.01. The number of aromatic nitrogens is 2. The first kappa shape index (κ1) is 15.6. The number of carbonyl (C=O) groups is 1. The standard InChI is InChI=1S/C11H18N2O5S/c1-11(2,19(3,16)17)10-13-12-8(18-10)6-4-5-7-9(14)15/h4-7H2,1-3H3,(H,14,15). The van der Waals surface area contributed by atoms with Gasteiger partial charge in [-0.2, -0.15) is 0 Å². The molecule has 0 spiro atoms. The summed E-state index contributed by atoms with van der Waals surface area (Å²) < 4.78 is 27.3. The van der Waals surface area contributed by atoms with Crippen molar-refractivity contribution < 1.29 is 22.7 Å². The highest BCUT2D eigenvalue weighted by Crippen LogP contribution is 2.27. The number of sulfone groups is 1. The highest BCUT2D eigenvalue weighted by Gasteiger charge is 2.37. The van der Waals surface area contributed by atoms with Crippen LogP contribution in [0.3, 0.4) is 0 Å². The molecule has 0 aliphatic carbocycles. The van der Waals surface area contributed by atoms with E-state index in [2.05, 4.69) is 10.2 Å². The molecular formula is C11H18N2O5S. The molecule has 1 aromatic heterocycles. The average molecular weight is 290 g/mol. The molecule has 0 unspecified atom stereocenters. The molecule has 7 nitrogen and oxygen atoms in total. The van der Waals surface area contributed by atoms with E-state index in [1.807, 2.05) is 0 Å². The number of aryl methyl sites for hydroxylation is 1. The van der Waals surface area contributed by atoms with Crippen LogP contribution < -0.4 is 0 Å². The van der Waals surface area contributed by atoms with Gasteiger partial charge in [0.05, 0.1) is 0 Å². The van der Waals surface area contributed by atoms with E-state index in [4.69, 9.17) is 9.52 Å². The van der Waals surface area contributed by atoms with E-state index < -0.39 is 20.6 Å². The van der Waals surface area contributed by atoms with Gasteiger partial charge in [-0.1, -0.05) is 0 Å². The number of nitrogens with zero attached hydrogens (tertiary/aromatic N) is 2. The summed E-state index contributed by atoms with van der Waals surface area (Å²) in [6, 6.07) is 0. The maximum Gasteiger partial charge on any atom is 0.303 e. The van der Waals surface area contributed by atoms with Crippen LogP contribution in [0.5, 0.6) is 0 Å². The van der Waals surface area contributed by atoms with Gasteiger partial charge in [0.25, 0.3) is 0 Å². The zero-order valence-electron chi connectivity index (χ0n) is 11.2. The second kappa shape index (κ2) is 5.68. The molecule has 0 aromatic carbocycles. The number of unbranched alkanes of at least 4 members (excludes halogenated alkanes) is 1. The smallest absolute Gasteiger partial charge is 0.303 e. The van der Waals surface area contributed by atoms with Crippen molar-refractivity contribution in [1.29, 1.82) is 0 Å². The summed E-state index contributed by atoms with van der Waals surface area (Å²) in [5.74, 6) is -0.454. The van der Waals surface area contributed by atoms with E-state index in [-0.39, 0.29) is 12.3 Å². The van der Waals surface area contributed by atoms with Crippen molar-refractivity contribution in [2.75, 3.05) is 6.26 Å². The van der Waals surface area contributed by atoms with Gasteiger partial charge in [-0.05, 0) is 26.7 Å². The molecule has 0 aliphatic rings. The summed E-state index contributed by atoms with van der Waals surface area (Å²) in [5.41, 5.74) is 0. The van der Waals surface area contributed by atoms with Crippen LogP contribution in [0.2, 0.25) is 0 Å². The Kier molecular flexibility index (Phi) is 4.67. The summed E-state index contributed by atoms with van der Waals surface area (Å²) >= 11 is 0. The first-order valence-corrected chi connectivity index (χ1v) is 7.78. The maximum absolute atomic E-state index is 11.6. The Morgan fingerprint density at radius 2 is 1.95 bits per heavy atom. The van der Waals surface area contributed by atoms with E-state index in [0.717, 1.165) is 6.26 Å². The van der Waals surface area contributed by atoms with Gasteiger partial charge < -0.3 is 9.52 Å². The third-order valence-corrected chi connectivity index (χ3v) is 4.97. The van der Waals surface area contributed by atoms with Crippen molar-refractivity contribution in [2.45, 2.75) is 44.3 Å². The Labute approximate surface area is 111 Å². The van der Waals surface area contributed by atoms with Gasteiger partial charge in [-0.3, -0.25) is 4.79 Å². The predicted octanol–water partition coefficient (Wildman–Crippen LogP) is 1.15. The van der Waals surface area contributed by atoms with E-state index in [9.17, 15) is 13.2 Å². The first-order chi connectivity index (χ1) is 8.64. The highest BCUT2D eigenvalue weighted by molar-refractivity contribution is 7.91. The van der Waals surface area contributed by atoms with Gasteiger partial charge in [0, 0.05) is 19.1 Å². The molecule has 0 aliphatic heterocycles. The van der Waals surface area contributed by atoms with E-state index >= 15 is 0 Å². The lowest BCUT2D eigenvalue weighted by Gasteiger charge is -2.16. The molecule has 0 saturated heterocycles. The fraction of sp³-hybridized carbons (Fsp3) is 0.727. The molecule has 0 radical (unpaired) electrons. The van der Waals surface area contributed by atoms with Gasteiger partial charge in [-0.25, -0.2) is 8.42 Å². The fourth-order valence-electron chi connectivity index (χ4n) is 1.31. The van der Waals surface area contributed by atoms with E-state index in [0.29, 0.717) is 25.2 Å². The molecule has 0 atom stereocenters. The average Bonchev–Trinajstić information content (AvgIpc) is 2.71. The molecule has 0 amide bonds. The topological polar surface area (TPSA) is 110 Å². The fourth-order valence-corrected chi connectivity index (χ4v) is 1.71. The zero-order valence-corrected chi connectivity index (χ0v) is 12.0. The lowest BCUT2D eigenvalue weighted by atomic mass is 10.2. The Hall–Kier alpha value is -1.44. The predicted molar refractivity (Wildman–Crippen MR) is 67.4 cm³/mol. The number of rotatable bonds is 7. The molecule has 0 bridgehead atoms. The van der Waals surface area contributed by atoms with Crippen molar-refractivity contribution in [3.8, 4) is 0 Å². The van der Waals surface area contributed by atoms with Crippen molar-refractivity contribution in [3.63, 3.8) is 0 Å². The maximum atomic E-state index is 11.6. The molecular weight excluding hydrogens is 272 g/mol. The number of aliphatic carboxylic acids is 1. The summed E-state index contributed by atoms with van der Waals surface area (Å²) in [4.78, 5) is 10.3. The lowest BCUT2D eigenvalue weighted by molar-refractivity contribution is -0.137. The van der Waals surface area contributed by atoms with Gasteiger partial charge in [0.2, 0.25) is 11.8 Å². The molecule has 108 valence electrons. The van der Waals surface area contributed by atoms with Crippen LogP contribution in [0.1, 0.15) is 44.9 Å². The third kappa shape index (κ3) is 4.02. The Morgan fingerprint density at radius 3 is 2.47 bits per heavy atom. The second-order valence-electron chi connectivity index (χ2n) is 4.88. The van der Waals surface area contributed by atoms with Gasteiger partial charge >= 0.3 is 5.97 Å². The Morgan fingerprint density at radius 1 is 1.32 bits per heavy atom. The van der Waals surface area contributed by atoms with Gasteiger partial charge in [0.15, 0.2) is 9.84 Å². The lowest BCUT2D eigenvalue weighted by Crippen LogP contribution is -2.28. The van der Waals surface area contributed by atoms with Gasteiger partial charge in [0.1, 0.15) is 4.75 Å². The zero-order chi connectivity index (χ0) is 14.7. The number of hydrogen-bond donors (Lipinski definition) is 1. The highest BCUT2D eigenvalue weighted by atomic mass is 32.2. The molecule has 1 rings (SSSR count). The summed E-state index contributed by atoms with van der Waals surface area (Å²) in [5, 5.41) is 16.0.